The molecule has 1 aromatic rings. The molecule has 1 rings (SSSR count). The van der Waals surface area contributed by atoms with Crippen LogP contribution in [0.25, 0.3) is 0 Å². The van der Waals surface area contributed by atoms with Gasteiger partial charge in [-0.25, -0.2) is 4.79 Å². The minimum absolute atomic E-state index is 0.0228. The highest BCUT2D eigenvalue weighted by atomic mass is 32.1. The molecule has 0 radical (unpaired) electrons. The Labute approximate surface area is 91.1 Å². The first-order valence-corrected chi connectivity index (χ1v) is 4.29. The van der Waals surface area contributed by atoms with Gasteiger partial charge < -0.3 is 16.2 Å². The fourth-order valence-corrected chi connectivity index (χ4v) is 1.12. The number of benzene rings is 1. The Morgan fingerprint density at radius 3 is 2.73 bits per heavy atom. The van der Waals surface area contributed by atoms with Gasteiger partial charge in [-0.3, -0.25) is 0 Å². The molecule has 0 saturated carbocycles. The van der Waals surface area contributed by atoms with Crippen molar-refractivity contribution in [3.05, 3.63) is 29.3 Å². The van der Waals surface area contributed by atoms with Crippen molar-refractivity contribution in [3.8, 4) is 6.07 Å². The Bertz CT molecular complexity index is 465. The van der Waals surface area contributed by atoms with Crippen molar-refractivity contribution in [2.45, 2.75) is 0 Å². The van der Waals surface area contributed by atoms with Gasteiger partial charge in [-0.2, -0.15) is 5.26 Å². The Balaban J connectivity index is 3.16. The SMILES string of the molecule is N#Cc1cc(C(=O)O)ccc1NC(N)=S. The smallest absolute Gasteiger partial charge is 0.335 e. The van der Waals surface area contributed by atoms with Crippen molar-refractivity contribution in [3.63, 3.8) is 0 Å². The van der Waals surface area contributed by atoms with E-state index in [-0.39, 0.29) is 16.2 Å². The first kappa shape index (κ1) is 10.9. The molecular formula is C9H7N3O2S. The molecule has 0 bridgehead atoms. The first-order valence-electron chi connectivity index (χ1n) is 3.88. The van der Waals surface area contributed by atoms with Gasteiger partial charge >= 0.3 is 5.97 Å². The van der Waals surface area contributed by atoms with Crippen molar-refractivity contribution >= 4 is 29.0 Å². The van der Waals surface area contributed by atoms with Crippen LogP contribution < -0.4 is 11.1 Å². The lowest BCUT2D eigenvalue weighted by Gasteiger charge is -2.06. The third-order valence-electron chi connectivity index (χ3n) is 1.64. The Kier molecular flexibility index (Phi) is 3.21. The summed E-state index contributed by atoms with van der Waals surface area (Å²) in [4.78, 5) is 10.6. The van der Waals surface area contributed by atoms with Crippen LogP contribution in [0.5, 0.6) is 0 Å². The van der Waals surface area contributed by atoms with Crippen LogP contribution in [0.3, 0.4) is 0 Å². The van der Waals surface area contributed by atoms with Crippen LogP contribution in [0.1, 0.15) is 15.9 Å². The minimum Gasteiger partial charge on any atom is -0.478 e. The molecule has 0 aromatic heterocycles. The number of carboxylic acids is 1. The molecule has 0 spiro atoms. The molecule has 0 unspecified atom stereocenters. The zero-order valence-corrected chi connectivity index (χ0v) is 8.34. The Morgan fingerprint density at radius 1 is 1.60 bits per heavy atom. The Morgan fingerprint density at radius 2 is 2.27 bits per heavy atom. The van der Waals surface area contributed by atoms with Crippen LogP contribution in [0.2, 0.25) is 0 Å². The molecule has 1 aromatic carbocycles. The Hall–Kier alpha value is -2.13. The van der Waals surface area contributed by atoms with Gasteiger partial charge in [0.25, 0.3) is 0 Å². The number of nitrogens with one attached hydrogen (secondary N) is 1. The number of aromatic carboxylic acids is 1. The van der Waals surface area contributed by atoms with Gasteiger partial charge in [-0.05, 0) is 30.4 Å². The van der Waals surface area contributed by atoms with E-state index in [0.29, 0.717) is 5.69 Å². The van der Waals surface area contributed by atoms with E-state index in [0.717, 1.165) is 0 Å². The third-order valence-corrected chi connectivity index (χ3v) is 1.75. The van der Waals surface area contributed by atoms with E-state index in [1.165, 1.54) is 18.2 Å². The fraction of sp³-hybridized carbons (Fsp3) is 0. The number of nitrogens with two attached hydrogens (primary N) is 1. The molecule has 76 valence electrons. The summed E-state index contributed by atoms with van der Waals surface area (Å²) in [6.07, 6.45) is 0. The van der Waals surface area contributed by atoms with Crippen molar-refractivity contribution in [1.82, 2.24) is 0 Å². The normalized spacial score (nSPS) is 9.00. The number of carboxylic acid groups (broad SMARTS) is 1. The molecule has 15 heavy (non-hydrogen) atoms. The standard InChI is InChI=1S/C9H7N3O2S/c10-4-6-3-5(8(13)14)1-2-7(6)12-9(11)15/h1-3H,(H,13,14)(H3,11,12,15). The van der Waals surface area contributed by atoms with Crippen molar-refractivity contribution in [2.24, 2.45) is 5.73 Å². The lowest BCUT2D eigenvalue weighted by atomic mass is 10.1. The highest BCUT2D eigenvalue weighted by Crippen LogP contribution is 2.16. The summed E-state index contributed by atoms with van der Waals surface area (Å²) in [5, 5.41) is 20.1. The molecule has 0 saturated heterocycles. The van der Waals surface area contributed by atoms with Gasteiger partial charge in [-0.15, -0.1) is 0 Å². The maximum Gasteiger partial charge on any atom is 0.335 e. The average molecular weight is 221 g/mol. The van der Waals surface area contributed by atoms with Crippen molar-refractivity contribution < 1.29 is 9.90 Å². The number of thiocarbonyl (C=S) groups is 1. The molecule has 5 nitrogen and oxygen atoms in total. The number of hydrogen-bond acceptors (Lipinski definition) is 3. The van der Waals surface area contributed by atoms with E-state index >= 15 is 0 Å². The van der Waals surface area contributed by atoms with E-state index in [9.17, 15) is 4.79 Å². The summed E-state index contributed by atoms with van der Waals surface area (Å²) in [5.74, 6) is -1.09. The van der Waals surface area contributed by atoms with Gasteiger partial charge in [0.15, 0.2) is 5.11 Å². The number of rotatable bonds is 2. The number of carbonyl (C=O) groups is 1. The van der Waals surface area contributed by atoms with E-state index in [1.54, 1.807) is 0 Å². The molecule has 0 amide bonds. The predicted octanol–water partition coefficient (Wildman–Crippen LogP) is 0.912. The van der Waals surface area contributed by atoms with E-state index < -0.39 is 5.97 Å². The summed E-state index contributed by atoms with van der Waals surface area (Å²) in [6, 6.07) is 5.92. The minimum atomic E-state index is -1.09. The largest absolute Gasteiger partial charge is 0.478 e. The highest BCUT2D eigenvalue weighted by Gasteiger charge is 2.08. The molecule has 0 heterocycles. The molecule has 6 heteroatoms. The second-order valence-corrected chi connectivity index (χ2v) is 3.11. The second-order valence-electron chi connectivity index (χ2n) is 2.67. The van der Waals surface area contributed by atoms with Crippen LogP contribution in [-0.4, -0.2) is 16.2 Å². The highest BCUT2D eigenvalue weighted by molar-refractivity contribution is 7.80. The monoisotopic (exact) mass is 221 g/mol. The molecule has 0 aliphatic carbocycles. The summed E-state index contributed by atoms with van der Waals surface area (Å²) >= 11 is 4.61. The van der Waals surface area contributed by atoms with Crippen LogP contribution >= 0.6 is 12.2 Å². The van der Waals surface area contributed by atoms with Gasteiger partial charge in [0.05, 0.1) is 16.8 Å². The lowest BCUT2D eigenvalue weighted by molar-refractivity contribution is 0.0697. The number of nitriles is 1. The van der Waals surface area contributed by atoms with Crippen molar-refractivity contribution in [1.29, 1.82) is 5.26 Å². The van der Waals surface area contributed by atoms with Gasteiger partial charge in [0.1, 0.15) is 6.07 Å². The quantitative estimate of drug-likeness (QED) is 0.642. The van der Waals surface area contributed by atoms with Crippen LogP contribution in [0.4, 0.5) is 5.69 Å². The molecular weight excluding hydrogens is 214 g/mol. The van der Waals surface area contributed by atoms with E-state index in [4.69, 9.17) is 16.1 Å². The summed E-state index contributed by atoms with van der Waals surface area (Å²) in [6.45, 7) is 0. The maximum absolute atomic E-state index is 10.6. The zero-order valence-electron chi connectivity index (χ0n) is 7.52. The predicted molar refractivity (Wildman–Crippen MR) is 58.5 cm³/mol. The second kappa shape index (κ2) is 4.39. The fourth-order valence-electron chi connectivity index (χ4n) is 1.01. The van der Waals surface area contributed by atoms with E-state index in [2.05, 4.69) is 17.5 Å². The van der Waals surface area contributed by atoms with Gasteiger partial charge in [0, 0.05) is 0 Å². The van der Waals surface area contributed by atoms with Gasteiger partial charge in [0.2, 0.25) is 0 Å². The maximum atomic E-state index is 10.6. The summed E-state index contributed by atoms with van der Waals surface area (Å²) in [7, 11) is 0. The number of anilines is 1. The molecule has 0 aliphatic rings. The molecule has 4 N–H and O–H groups in total. The topological polar surface area (TPSA) is 99.1 Å². The number of nitrogens with zero attached hydrogens (tertiary/aromatic N) is 1. The van der Waals surface area contributed by atoms with E-state index in [1.807, 2.05) is 6.07 Å². The van der Waals surface area contributed by atoms with Gasteiger partial charge in [-0.1, -0.05) is 0 Å². The zero-order chi connectivity index (χ0) is 11.4. The molecule has 0 aliphatic heterocycles. The summed E-state index contributed by atoms with van der Waals surface area (Å²) < 4.78 is 0. The van der Waals surface area contributed by atoms with Crippen LogP contribution in [0, 0.1) is 11.3 Å². The average Bonchev–Trinajstić information content (AvgIpc) is 2.17. The summed E-state index contributed by atoms with van der Waals surface area (Å²) in [5.41, 5.74) is 5.86. The van der Waals surface area contributed by atoms with Crippen LogP contribution in [0.15, 0.2) is 18.2 Å². The van der Waals surface area contributed by atoms with Crippen molar-refractivity contribution in [2.75, 3.05) is 5.32 Å². The molecule has 0 atom stereocenters. The lowest BCUT2D eigenvalue weighted by Crippen LogP contribution is -2.19. The van der Waals surface area contributed by atoms with Crippen LogP contribution in [-0.2, 0) is 0 Å². The molecule has 0 fully saturated rings. The first-order chi connectivity index (χ1) is 7.04. The third kappa shape index (κ3) is 2.65. The number of hydrogen-bond donors (Lipinski definition) is 3.